The molecule has 10 N–H and O–H groups in total. The lowest BCUT2D eigenvalue weighted by molar-refractivity contribution is -0.0421. The number of anilines is 1. The highest BCUT2D eigenvalue weighted by Crippen LogP contribution is 2.66. The number of nitrogens with one attached hydrogen (secondary N) is 1. The highest BCUT2D eigenvalue weighted by atomic mass is 31.3. The van der Waals surface area contributed by atoms with Crippen LogP contribution in [0, 0.1) is 11.8 Å². The average Bonchev–Trinajstić information content (AvgIpc) is 3.22. The summed E-state index contributed by atoms with van der Waals surface area (Å²) < 4.78 is 52.7. The van der Waals surface area contributed by atoms with Crippen molar-refractivity contribution < 1.29 is 56.3 Å². The Morgan fingerprint density at radius 1 is 1.23 bits per heavy atom. The van der Waals surface area contributed by atoms with Gasteiger partial charge in [-0.05, 0) is 0 Å². The smallest absolute Gasteiger partial charge is 0.390 e. The normalized spacial score (nSPS) is 24.0. The molecule has 35 heavy (non-hydrogen) atoms. The number of fused-ring (bicyclic) bond motifs is 1. The summed E-state index contributed by atoms with van der Waals surface area (Å²) in [7, 11) is -16.7. The Morgan fingerprint density at radius 2 is 1.91 bits per heavy atom. The van der Waals surface area contributed by atoms with Crippen LogP contribution in [0.25, 0.3) is 11.0 Å². The fourth-order valence-corrected chi connectivity index (χ4v) is 6.17. The molecular formula is C14H20N5O13P3. The standard InChI is InChI=1S/C14H20N5O13P3/c15-3-1-2-7-5-19(12-11(7)13(21)18-14(16)17-12)10-4-8(20)9(30-10)6-29-34(25,26)32-35(27,28)31-33(22,23)24/h5,8-10,20H,3-4,6,15H2,(H,25,26)(H,27,28)(H2,22,23,24)(H3,16,17,18,21)/t8-,9?,10-/m1/s1. The van der Waals surface area contributed by atoms with Crippen molar-refractivity contribution in [3.8, 4) is 11.8 Å². The number of phosphoric acid groups is 3. The number of phosphoric ester groups is 1. The van der Waals surface area contributed by atoms with Crippen LogP contribution in [0.5, 0.6) is 0 Å². The van der Waals surface area contributed by atoms with E-state index in [1.54, 1.807) is 0 Å². The van der Waals surface area contributed by atoms with E-state index in [-0.39, 0.29) is 35.5 Å². The molecule has 1 fully saturated rings. The predicted octanol–water partition coefficient (Wildman–Crippen LogP) is -1.39. The van der Waals surface area contributed by atoms with Gasteiger partial charge in [-0.2, -0.15) is 13.6 Å². The second-order valence-corrected chi connectivity index (χ2v) is 11.3. The van der Waals surface area contributed by atoms with Crippen molar-refractivity contribution in [1.82, 2.24) is 14.5 Å². The molecule has 1 aliphatic heterocycles. The zero-order valence-corrected chi connectivity index (χ0v) is 20.0. The van der Waals surface area contributed by atoms with Crippen molar-refractivity contribution in [2.24, 2.45) is 5.73 Å². The number of aliphatic hydroxyl groups excluding tert-OH is 1. The Bertz CT molecular complexity index is 1370. The number of aliphatic hydroxyl groups is 1. The van der Waals surface area contributed by atoms with Gasteiger partial charge in [0, 0.05) is 12.6 Å². The van der Waals surface area contributed by atoms with E-state index in [2.05, 4.69) is 35.0 Å². The van der Waals surface area contributed by atoms with Gasteiger partial charge < -0.3 is 45.5 Å². The topological polar surface area (TPSA) is 292 Å². The molecule has 0 radical (unpaired) electrons. The van der Waals surface area contributed by atoms with E-state index in [1.165, 1.54) is 10.8 Å². The largest absolute Gasteiger partial charge is 0.490 e. The minimum atomic E-state index is -5.70. The maximum absolute atomic E-state index is 12.4. The summed E-state index contributed by atoms with van der Waals surface area (Å²) in [5.41, 5.74) is 10.7. The molecule has 0 bridgehead atoms. The maximum Gasteiger partial charge on any atom is 0.490 e. The van der Waals surface area contributed by atoms with Crippen molar-refractivity contribution in [1.29, 1.82) is 0 Å². The third kappa shape index (κ3) is 7.06. The number of hydrogen-bond acceptors (Lipinski definition) is 12. The third-order valence-corrected chi connectivity index (χ3v) is 8.16. The molecule has 0 aliphatic carbocycles. The molecule has 3 rings (SSSR count). The fraction of sp³-hybridized carbons (Fsp3) is 0.429. The molecule has 0 saturated carbocycles. The molecule has 1 aliphatic rings. The van der Waals surface area contributed by atoms with Crippen LogP contribution in [0.3, 0.4) is 0 Å². The van der Waals surface area contributed by atoms with E-state index in [4.69, 9.17) is 26.0 Å². The van der Waals surface area contributed by atoms with Crippen molar-refractivity contribution in [2.45, 2.75) is 24.9 Å². The fourth-order valence-electron chi connectivity index (χ4n) is 3.14. The number of nitrogen functional groups attached to an aromatic ring is 1. The second-order valence-electron chi connectivity index (χ2n) is 6.92. The molecule has 1 saturated heterocycles. The lowest BCUT2D eigenvalue weighted by atomic mass is 10.2. The summed E-state index contributed by atoms with van der Waals surface area (Å²) in [5, 5.41) is 10.4. The van der Waals surface area contributed by atoms with E-state index >= 15 is 0 Å². The van der Waals surface area contributed by atoms with Crippen LogP contribution in [0.15, 0.2) is 11.0 Å². The Morgan fingerprint density at radius 3 is 2.54 bits per heavy atom. The summed E-state index contributed by atoms with van der Waals surface area (Å²) >= 11 is 0. The maximum atomic E-state index is 12.4. The average molecular weight is 559 g/mol. The van der Waals surface area contributed by atoms with Gasteiger partial charge >= 0.3 is 23.5 Å². The van der Waals surface area contributed by atoms with Gasteiger partial charge in [-0.25, -0.2) is 13.7 Å². The highest BCUT2D eigenvalue weighted by Gasteiger charge is 2.43. The Kier molecular flexibility index (Phi) is 8.07. The molecule has 0 aromatic carbocycles. The molecule has 2 aromatic rings. The zero-order chi connectivity index (χ0) is 26.2. The number of ether oxygens (including phenoxy) is 1. The van der Waals surface area contributed by atoms with Gasteiger partial charge in [-0.3, -0.25) is 14.3 Å². The number of aromatic nitrogens is 3. The summed E-state index contributed by atoms with van der Waals surface area (Å²) in [6, 6.07) is 0. The molecule has 0 spiro atoms. The SMILES string of the molecule is NCC#Cc1cn([C@H]2C[C@@H](O)C(COP(=O)(O)OP(=O)(O)OP(=O)(O)O)O2)c2nc(N)[nH]c(=O)c12. The van der Waals surface area contributed by atoms with Crippen LogP contribution in [0.4, 0.5) is 5.95 Å². The summed E-state index contributed by atoms with van der Waals surface area (Å²) in [6.45, 7) is -0.856. The molecule has 3 unspecified atom stereocenters. The third-order valence-electron chi connectivity index (χ3n) is 4.36. The Balaban J connectivity index is 1.78. The number of rotatable bonds is 8. The number of hydrogen-bond donors (Lipinski definition) is 8. The van der Waals surface area contributed by atoms with E-state index in [9.17, 15) is 33.4 Å². The molecule has 18 nitrogen and oxygen atoms in total. The summed E-state index contributed by atoms with van der Waals surface area (Å²) in [5.74, 6) is 5.10. The van der Waals surface area contributed by atoms with Crippen molar-refractivity contribution in [2.75, 3.05) is 18.9 Å². The minimum Gasteiger partial charge on any atom is -0.390 e. The van der Waals surface area contributed by atoms with Gasteiger partial charge in [0.2, 0.25) is 5.95 Å². The lowest BCUT2D eigenvalue weighted by Crippen LogP contribution is -2.26. The number of nitrogens with two attached hydrogens (primary N) is 2. The van der Waals surface area contributed by atoms with Gasteiger partial charge in [-0.15, -0.1) is 0 Å². The second kappa shape index (κ2) is 10.2. The minimum absolute atomic E-state index is 0.00823. The molecule has 0 amide bonds. The van der Waals surface area contributed by atoms with E-state index in [0.29, 0.717) is 0 Å². The van der Waals surface area contributed by atoms with Gasteiger partial charge in [0.05, 0.1) is 30.2 Å². The predicted molar refractivity (Wildman–Crippen MR) is 115 cm³/mol. The Labute approximate surface area is 195 Å². The first-order chi connectivity index (χ1) is 16.1. The Hall–Kier alpha value is -1.93. The van der Waals surface area contributed by atoms with Crippen molar-refractivity contribution in [3.05, 3.63) is 22.1 Å². The van der Waals surface area contributed by atoms with E-state index in [1.807, 2.05) is 0 Å². The number of aromatic amines is 1. The van der Waals surface area contributed by atoms with Crippen molar-refractivity contribution >= 4 is 40.4 Å². The summed E-state index contributed by atoms with van der Waals surface area (Å²) in [6.07, 6.45) is -2.28. The van der Waals surface area contributed by atoms with Gasteiger partial charge in [0.25, 0.3) is 5.56 Å². The van der Waals surface area contributed by atoms with Crippen LogP contribution >= 0.6 is 23.5 Å². The first kappa shape index (κ1) is 27.7. The summed E-state index contributed by atoms with van der Waals surface area (Å²) in [4.78, 5) is 54.6. The van der Waals surface area contributed by atoms with Crippen LogP contribution in [0.2, 0.25) is 0 Å². The first-order valence-electron chi connectivity index (χ1n) is 9.32. The number of nitrogens with zero attached hydrogens (tertiary/aromatic N) is 2. The molecule has 2 aromatic heterocycles. The molecule has 3 heterocycles. The molecule has 21 heteroatoms. The molecule has 5 atom stereocenters. The van der Waals surface area contributed by atoms with Gasteiger partial charge in [-0.1, -0.05) is 11.8 Å². The van der Waals surface area contributed by atoms with Crippen LogP contribution in [0.1, 0.15) is 18.2 Å². The first-order valence-corrected chi connectivity index (χ1v) is 13.8. The van der Waals surface area contributed by atoms with E-state index < -0.39 is 54.1 Å². The lowest BCUT2D eigenvalue weighted by Gasteiger charge is -2.19. The number of H-pyrrole nitrogens is 1. The van der Waals surface area contributed by atoms with Crippen LogP contribution in [-0.2, 0) is 31.6 Å². The van der Waals surface area contributed by atoms with Crippen LogP contribution < -0.4 is 17.0 Å². The quantitative estimate of drug-likeness (QED) is 0.136. The highest BCUT2D eigenvalue weighted by molar-refractivity contribution is 7.66. The zero-order valence-electron chi connectivity index (χ0n) is 17.3. The monoisotopic (exact) mass is 559 g/mol. The molecular weight excluding hydrogens is 539 g/mol. The van der Waals surface area contributed by atoms with Crippen LogP contribution in [-0.4, -0.2) is 64.6 Å². The van der Waals surface area contributed by atoms with E-state index in [0.717, 1.165) is 0 Å². The van der Waals surface area contributed by atoms with Gasteiger partial charge in [0.1, 0.15) is 12.3 Å². The van der Waals surface area contributed by atoms with Gasteiger partial charge in [0.15, 0.2) is 5.65 Å². The van der Waals surface area contributed by atoms with Crippen molar-refractivity contribution in [3.63, 3.8) is 0 Å². The molecule has 194 valence electrons.